The predicted octanol–water partition coefficient (Wildman–Crippen LogP) is 2.87. The molecule has 0 aromatic carbocycles. The number of pyridine rings is 2. The summed E-state index contributed by atoms with van der Waals surface area (Å²) < 4.78 is 39.2. The third kappa shape index (κ3) is 4.49. The molecule has 0 unspecified atom stereocenters. The second kappa shape index (κ2) is 7.56. The number of carbonyl (C=O) groups is 1. The first-order chi connectivity index (χ1) is 12.8. The zero-order valence-electron chi connectivity index (χ0n) is 14.4. The van der Waals surface area contributed by atoms with Gasteiger partial charge in [-0.1, -0.05) is 0 Å². The fraction of sp³-hybridized carbons (Fsp3) is 0.222. The largest absolute Gasteiger partial charge is 0.417 e. The topological polar surface area (TPSA) is 72.7 Å². The Morgan fingerprint density at radius 1 is 1.19 bits per heavy atom. The van der Waals surface area contributed by atoms with Gasteiger partial charge in [-0.25, -0.2) is 0 Å². The van der Waals surface area contributed by atoms with E-state index in [0.29, 0.717) is 23.4 Å². The molecule has 3 aromatic rings. The number of hydrogen-bond acceptors (Lipinski definition) is 4. The van der Waals surface area contributed by atoms with Gasteiger partial charge in [0.25, 0.3) is 5.91 Å². The molecule has 0 bridgehead atoms. The van der Waals surface area contributed by atoms with E-state index in [1.165, 1.54) is 6.07 Å². The fourth-order valence-corrected chi connectivity index (χ4v) is 2.52. The van der Waals surface area contributed by atoms with E-state index in [9.17, 15) is 18.0 Å². The van der Waals surface area contributed by atoms with Gasteiger partial charge in [0, 0.05) is 56.1 Å². The van der Waals surface area contributed by atoms with Gasteiger partial charge in [0.1, 0.15) is 5.69 Å². The second-order valence-corrected chi connectivity index (χ2v) is 5.84. The zero-order valence-corrected chi connectivity index (χ0v) is 14.4. The van der Waals surface area contributed by atoms with Gasteiger partial charge in [-0.05, 0) is 24.3 Å². The minimum Gasteiger partial charge on any atom is -0.352 e. The lowest BCUT2D eigenvalue weighted by atomic mass is 10.1. The first-order valence-electron chi connectivity index (χ1n) is 8.09. The Morgan fingerprint density at radius 3 is 2.56 bits per heavy atom. The molecule has 0 atom stereocenters. The fourth-order valence-electron chi connectivity index (χ4n) is 2.52. The van der Waals surface area contributed by atoms with Crippen molar-refractivity contribution in [3.63, 3.8) is 0 Å². The molecule has 3 heterocycles. The Kier molecular flexibility index (Phi) is 5.20. The van der Waals surface area contributed by atoms with Crippen LogP contribution in [-0.4, -0.2) is 32.2 Å². The molecule has 0 saturated heterocycles. The Bertz CT molecular complexity index is 920. The van der Waals surface area contributed by atoms with Gasteiger partial charge >= 0.3 is 6.18 Å². The van der Waals surface area contributed by atoms with E-state index in [2.05, 4.69) is 20.4 Å². The number of aromatic nitrogens is 4. The minimum atomic E-state index is -4.41. The van der Waals surface area contributed by atoms with Gasteiger partial charge in [0.05, 0.1) is 11.1 Å². The summed E-state index contributed by atoms with van der Waals surface area (Å²) in [5, 5.41) is 7.06. The summed E-state index contributed by atoms with van der Waals surface area (Å²) in [7, 11) is 1.72. The third-order valence-corrected chi connectivity index (χ3v) is 3.85. The molecular formula is C18H16F3N5O. The van der Waals surface area contributed by atoms with Gasteiger partial charge in [0.15, 0.2) is 0 Å². The van der Waals surface area contributed by atoms with Crippen molar-refractivity contribution in [1.82, 2.24) is 25.1 Å². The van der Waals surface area contributed by atoms with E-state index in [1.54, 1.807) is 42.5 Å². The highest BCUT2D eigenvalue weighted by Crippen LogP contribution is 2.28. The highest BCUT2D eigenvalue weighted by atomic mass is 19.4. The smallest absolute Gasteiger partial charge is 0.352 e. The van der Waals surface area contributed by atoms with E-state index in [0.717, 1.165) is 17.8 Å². The van der Waals surface area contributed by atoms with Gasteiger partial charge in [-0.15, -0.1) is 0 Å². The highest BCUT2D eigenvalue weighted by molar-refractivity contribution is 5.99. The molecule has 0 saturated carbocycles. The van der Waals surface area contributed by atoms with Crippen LogP contribution in [0.5, 0.6) is 0 Å². The summed E-state index contributed by atoms with van der Waals surface area (Å²) in [6, 6.07) is 5.80. The first kappa shape index (κ1) is 18.6. The molecule has 140 valence electrons. The van der Waals surface area contributed by atoms with Crippen molar-refractivity contribution in [3.8, 4) is 11.3 Å². The molecule has 3 aromatic heterocycles. The standard InChI is InChI=1S/C18H16F3N5O/c1-26-11-15(16(25-26)12-4-7-22-8-5-12)17(27)23-9-6-14-3-2-13(10-24-14)18(19,20)21/h2-5,7-8,10-11H,6,9H2,1H3,(H,23,27). The molecule has 0 radical (unpaired) electrons. The monoisotopic (exact) mass is 375 g/mol. The Morgan fingerprint density at radius 2 is 1.93 bits per heavy atom. The molecule has 0 aliphatic rings. The molecule has 0 fully saturated rings. The van der Waals surface area contributed by atoms with E-state index in [-0.39, 0.29) is 12.5 Å². The number of rotatable bonds is 5. The van der Waals surface area contributed by atoms with Crippen molar-refractivity contribution >= 4 is 5.91 Å². The number of alkyl halides is 3. The summed E-state index contributed by atoms with van der Waals surface area (Å²) in [6.45, 7) is 0.238. The normalized spacial score (nSPS) is 11.4. The number of hydrogen-bond donors (Lipinski definition) is 1. The number of amides is 1. The van der Waals surface area contributed by atoms with E-state index in [4.69, 9.17) is 0 Å². The Hall–Kier alpha value is -3.23. The number of nitrogens with one attached hydrogen (secondary N) is 1. The van der Waals surface area contributed by atoms with Crippen molar-refractivity contribution in [2.24, 2.45) is 7.05 Å². The van der Waals surface area contributed by atoms with Crippen molar-refractivity contribution in [1.29, 1.82) is 0 Å². The molecule has 0 spiro atoms. The van der Waals surface area contributed by atoms with Gasteiger partial charge in [-0.2, -0.15) is 18.3 Å². The summed E-state index contributed by atoms with van der Waals surface area (Å²) in [5.41, 5.74) is 1.37. The van der Waals surface area contributed by atoms with Gasteiger partial charge in [-0.3, -0.25) is 19.4 Å². The molecule has 1 amide bonds. The maximum absolute atomic E-state index is 12.5. The Balaban J connectivity index is 1.64. The van der Waals surface area contributed by atoms with Crippen LogP contribution in [0.25, 0.3) is 11.3 Å². The maximum Gasteiger partial charge on any atom is 0.417 e. The Labute approximate surface area is 153 Å². The summed E-state index contributed by atoms with van der Waals surface area (Å²) >= 11 is 0. The maximum atomic E-state index is 12.5. The lowest BCUT2D eigenvalue weighted by Gasteiger charge is -2.08. The number of aryl methyl sites for hydroxylation is 1. The predicted molar refractivity (Wildman–Crippen MR) is 91.7 cm³/mol. The van der Waals surface area contributed by atoms with Gasteiger partial charge in [0.2, 0.25) is 0 Å². The quantitative estimate of drug-likeness (QED) is 0.744. The lowest BCUT2D eigenvalue weighted by molar-refractivity contribution is -0.137. The number of nitrogens with zero attached hydrogens (tertiary/aromatic N) is 4. The number of carbonyl (C=O) groups excluding carboxylic acids is 1. The summed E-state index contributed by atoms with van der Waals surface area (Å²) in [4.78, 5) is 20.2. The van der Waals surface area contributed by atoms with Crippen LogP contribution in [0, 0.1) is 0 Å². The van der Waals surface area contributed by atoms with Crippen molar-refractivity contribution < 1.29 is 18.0 Å². The molecular weight excluding hydrogens is 359 g/mol. The molecule has 6 nitrogen and oxygen atoms in total. The lowest BCUT2D eigenvalue weighted by Crippen LogP contribution is -2.26. The molecule has 3 rings (SSSR count). The zero-order chi connectivity index (χ0) is 19.4. The van der Waals surface area contributed by atoms with Crippen LogP contribution < -0.4 is 5.32 Å². The summed E-state index contributed by atoms with van der Waals surface area (Å²) in [6.07, 6.45) is 1.53. The summed E-state index contributed by atoms with van der Waals surface area (Å²) in [5.74, 6) is -0.318. The average molecular weight is 375 g/mol. The van der Waals surface area contributed by atoms with Crippen LogP contribution in [0.2, 0.25) is 0 Å². The number of halogens is 3. The SMILES string of the molecule is Cn1cc(C(=O)NCCc2ccc(C(F)(F)F)cn2)c(-c2ccncc2)n1. The van der Waals surface area contributed by atoms with Crippen LogP contribution in [0.15, 0.2) is 49.1 Å². The van der Waals surface area contributed by atoms with Crippen LogP contribution in [0.1, 0.15) is 21.6 Å². The van der Waals surface area contributed by atoms with E-state index >= 15 is 0 Å². The van der Waals surface area contributed by atoms with Crippen LogP contribution in [-0.2, 0) is 19.6 Å². The van der Waals surface area contributed by atoms with Crippen LogP contribution in [0.3, 0.4) is 0 Å². The van der Waals surface area contributed by atoms with Gasteiger partial charge < -0.3 is 5.32 Å². The first-order valence-corrected chi connectivity index (χ1v) is 8.09. The second-order valence-electron chi connectivity index (χ2n) is 5.84. The van der Waals surface area contributed by atoms with Crippen molar-refractivity contribution in [3.05, 3.63) is 65.9 Å². The molecule has 9 heteroatoms. The van der Waals surface area contributed by atoms with Crippen molar-refractivity contribution in [2.45, 2.75) is 12.6 Å². The molecule has 0 aliphatic carbocycles. The minimum absolute atomic E-state index is 0.238. The third-order valence-electron chi connectivity index (χ3n) is 3.85. The average Bonchev–Trinajstić information content (AvgIpc) is 3.04. The van der Waals surface area contributed by atoms with E-state index in [1.807, 2.05) is 0 Å². The molecule has 0 aliphatic heterocycles. The molecule has 27 heavy (non-hydrogen) atoms. The van der Waals surface area contributed by atoms with Crippen LogP contribution in [0.4, 0.5) is 13.2 Å². The molecule has 1 N–H and O–H groups in total. The highest BCUT2D eigenvalue weighted by Gasteiger charge is 2.30. The van der Waals surface area contributed by atoms with E-state index < -0.39 is 11.7 Å². The van der Waals surface area contributed by atoms with Crippen LogP contribution >= 0.6 is 0 Å². The van der Waals surface area contributed by atoms with Crippen molar-refractivity contribution in [2.75, 3.05) is 6.54 Å².